The Labute approximate surface area is 63.8 Å². The lowest BCUT2D eigenvalue weighted by Gasteiger charge is -2.18. The van der Waals surface area contributed by atoms with Crippen molar-refractivity contribution in [2.24, 2.45) is 0 Å². The lowest BCUT2D eigenvalue weighted by atomic mass is 10.1. The largest absolute Gasteiger partial charge is 0.244 e. The molecule has 0 N–H and O–H groups in total. The molecule has 1 aliphatic heterocycles. The van der Waals surface area contributed by atoms with Gasteiger partial charge >= 0.3 is 0 Å². The Balaban J connectivity index is 2.34. The van der Waals surface area contributed by atoms with Crippen LogP contribution in [0.1, 0.15) is 11.3 Å². The zero-order chi connectivity index (χ0) is 7.68. The summed E-state index contributed by atoms with van der Waals surface area (Å²) in [6, 6.07) is 0. The van der Waals surface area contributed by atoms with Crippen molar-refractivity contribution >= 4 is 0 Å². The smallest absolute Gasteiger partial charge is 0.115 e. The van der Waals surface area contributed by atoms with Crippen molar-refractivity contribution in [3.63, 3.8) is 0 Å². The third-order valence-electron chi connectivity index (χ3n) is 1.81. The average molecular weight is 153 g/mol. The van der Waals surface area contributed by atoms with Crippen LogP contribution in [0.25, 0.3) is 0 Å². The summed E-state index contributed by atoms with van der Waals surface area (Å²) in [6.07, 6.45) is 3.87. The molecule has 0 aliphatic carbocycles. The van der Waals surface area contributed by atoms with Gasteiger partial charge in [0.2, 0.25) is 0 Å². The van der Waals surface area contributed by atoms with Crippen LogP contribution in [0.15, 0.2) is 12.5 Å². The first-order chi connectivity index (χ1) is 5.36. The van der Waals surface area contributed by atoms with Gasteiger partial charge in [0.1, 0.15) is 6.33 Å². The van der Waals surface area contributed by atoms with Crippen LogP contribution in [0.3, 0.4) is 0 Å². The number of nitrogens with zero attached hydrogens (tertiary/aromatic N) is 3. The number of hydrogen-bond donors (Lipinski definition) is 0. The van der Waals surface area contributed by atoms with Crippen molar-refractivity contribution in [2.45, 2.75) is 13.0 Å². The maximum absolute atomic E-state index is 12.6. The molecule has 0 bridgehead atoms. The molecular formula is C7H8FN3. The van der Waals surface area contributed by atoms with Crippen molar-refractivity contribution in [1.29, 1.82) is 0 Å². The molecule has 1 aromatic heterocycles. The Morgan fingerprint density at radius 3 is 3.36 bits per heavy atom. The fourth-order valence-electron chi connectivity index (χ4n) is 1.23. The van der Waals surface area contributed by atoms with Crippen molar-refractivity contribution in [3.05, 3.63) is 23.8 Å². The first-order valence-corrected chi connectivity index (χ1v) is 3.55. The maximum Gasteiger partial charge on any atom is 0.115 e. The Hall–Kier alpha value is -1.03. The van der Waals surface area contributed by atoms with Gasteiger partial charge in [0.05, 0.1) is 6.54 Å². The lowest BCUT2D eigenvalue weighted by Crippen LogP contribution is -2.24. The minimum Gasteiger partial charge on any atom is -0.244 e. The summed E-state index contributed by atoms with van der Waals surface area (Å²) >= 11 is 0. The van der Waals surface area contributed by atoms with Crippen LogP contribution < -0.4 is 0 Å². The second-order valence-electron chi connectivity index (χ2n) is 2.59. The van der Waals surface area contributed by atoms with Gasteiger partial charge in [-0.3, -0.25) is 0 Å². The second-order valence-corrected chi connectivity index (χ2v) is 2.59. The molecule has 0 fully saturated rings. The van der Waals surface area contributed by atoms with Crippen molar-refractivity contribution in [2.75, 3.05) is 6.54 Å². The van der Waals surface area contributed by atoms with Crippen molar-refractivity contribution in [1.82, 2.24) is 15.1 Å². The van der Waals surface area contributed by atoms with E-state index >= 15 is 0 Å². The summed E-state index contributed by atoms with van der Waals surface area (Å²) in [4.78, 5) is 7.88. The molecule has 2 rings (SSSR count). The van der Waals surface area contributed by atoms with E-state index in [0.717, 1.165) is 16.4 Å². The van der Waals surface area contributed by atoms with E-state index in [0.29, 0.717) is 19.5 Å². The summed E-state index contributed by atoms with van der Waals surface area (Å²) in [6.45, 7) is 0.778. The fraction of sp³-hybridized carbons (Fsp3) is 0.429. The first kappa shape index (κ1) is 6.67. The minimum absolute atomic E-state index is 0.330. The van der Waals surface area contributed by atoms with Gasteiger partial charge in [-0.2, -0.15) is 0 Å². The van der Waals surface area contributed by atoms with Crippen LogP contribution in [0, 0.1) is 0 Å². The summed E-state index contributed by atoms with van der Waals surface area (Å²) in [5.41, 5.74) is 1.88. The van der Waals surface area contributed by atoms with E-state index < -0.39 is 0 Å². The van der Waals surface area contributed by atoms with Crippen LogP contribution in [0.4, 0.5) is 4.48 Å². The van der Waals surface area contributed by atoms with Gasteiger partial charge in [0.15, 0.2) is 0 Å². The quantitative estimate of drug-likeness (QED) is 0.514. The topological polar surface area (TPSA) is 29.0 Å². The molecule has 0 aromatic carbocycles. The predicted molar refractivity (Wildman–Crippen MR) is 37.3 cm³/mol. The SMILES string of the molecule is FN1CCc2ncncc2C1. The minimum atomic E-state index is 0.330. The van der Waals surface area contributed by atoms with E-state index in [9.17, 15) is 4.48 Å². The Morgan fingerprint density at radius 1 is 1.55 bits per heavy atom. The molecule has 0 spiro atoms. The molecule has 0 amide bonds. The molecule has 0 saturated carbocycles. The van der Waals surface area contributed by atoms with Crippen molar-refractivity contribution < 1.29 is 4.48 Å². The van der Waals surface area contributed by atoms with E-state index in [2.05, 4.69) is 9.97 Å². The highest BCUT2D eigenvalue weighted by atomic mass is 19.2. The number of hydrogen-bond acceptors (Lipinski definition) is 3. The molecular weight excluding hydrogens is 145 g/mol. The predicted octanol–water partition coefficient (Wildman–Crippen LogP) is 0.719. The van der Waals surface area contributed by atoms with Crippen LogP contribution in [0.5, 0.6) is 0 Å². The monoisotopic (exact) mass is 153 g/mol. The maximum atomic E-state index is 12.6. The number of rotatable bonds is 0. The second kappa shape index (κ2) is 2.54. The van der Waals surface area contributed by atoms with Gasteiger partial charge in [0.25, 0.3) is 0 Å². The Kier molecular flexibility index (Phi) is 1.54. The fourth-order valence-corrected chi connectivity index (χ4v) is 1.23. The van der Waals surface area contributed by atoms with E-state index in [4.69, 9.17) is 0 Å². The molecule has 11 heavy (non-hydrogen) atoms. The molecule has 0 atom stereocenters. The van der Waals surface area contributed by atoms with Gasteiger partial charge in [-0.05, 0) is 0 Å². The number of halogens is 1. The first-order valence-electron chi connectivity index (χ1n) is 3.55. The highest BCUT2D eigenvalue weighted by molar-refractivity contribution is 5.17. The Bertz CT molecular complexity index is 264. The van der Waals surface area contributed by atoms with E-state index in [1.807, 2.05) is 0 Å². The van der Waals surface area contributed by atoms with Gasteiger partial charge in [0, 0.05) is 30.4 Å². The molecule has 3 nitrogen and oxygen atoms in total. The van der Waals surface area contributed by atoms with Crippen LogP contribution in [0.2, 0.25) is 0 Å². The molecule has 4 heteroatoms. The van der Waals surface area contributed by atoms with E-state index in [1.165, 1.54) is 6.33 Å². The third-order valence-corrected chi connectivity index (χ3v) is 1.81. The van der Waals surface area contributed by atoms with Gasteiger partial charge in [-0.25, -0.2) is 9.97 Å². The summed E-state index contributed by atoms with van der Waals surface area (Å²) in [5.74, 6) is 0. The molecule has 2 heterocycles. The molecule has 1 aliphatic rings. The zero-order valence-electron chi connectivity index (χ0n) is 6.00. The van der Waals surface area contributed by atoms with Gasteiger partial charge in [-0.1, -0.05) is 0 Å². The Morgan fingerprint density at radius 2 is 2.45 bits per heavy atom. The molecule has 1 aromatic rings. The van der Waals surface area contributed by atoms with E-state index in [1.54, 1.807) is 6.20 Å². The normalized spacial score (nSPS) is 17.9. The van der Waals surface area contributed by atoms with Crippen LogP contribution in [-0.4, -0.2) is 21.6 Å². The van der Waals surface area contributed by atoms with Gasteiger partial charge < -0.3 is 0 Å². The van der Waals surface area contributed by atoms with Gasteiger partial charge in [-0.15, -0.1) is 9.60 Å². The average Bonchev–Trinajstić information content (AvgIpc) is 2.04. The molecule has 0 radical (unpaired) electrons. The highest BCUT2D eigenvalue weighted by Gasteiger charge is 2.15. The van der Waals surface area contributed by atoms with E-state index in [-0.39, 0.29) is 0 Å². The summed E-state index contributed by atoms with van der Waals surface area (Å²) < 4.78 is 12.6. The molecule has 0 unspecified atom stereocenters. The summed E-state index contributed by atoms with van der Waals surface area (Å²) in [5, 5.41) is 0.783. The number of aromatic nitrogens is 2. The summed E-state index contributed by atoms with van der Waals surface area (Å²) in [7, 11) is 0. The lowest BCUT2D eigenvalue weighted by molar-refractivity contribution is 0.00945. The van der Waals surface area contributed by atoms with Crippen LogP contribution in [-0.2, 0) is 13.0 Å². The molecule has 0 saturated heterocycles. The van der Waals surface area contributed by atoms with Crippen LogP contribution >= 0.6 is 0 Å². The van der Waals surface area contributed by atoms with Crippen molar-refractivity contribution in [3.8, 4) is 0 Å². The standard InChI is InChI=1S/C7H8FN3/c8-11-2-1-7-6(4-11)3-9-5-10-7/h3,5H,1-2,4H2. The zero-order valence-corrected chi connectivity index (χ0v) is 6.00. The highest BCUT2D eigenvalue weighted by Crippen LogP contribution is 2.14. The third kappa shape index (κ3) is 1.21. The molecule has 58 valence electrons. The number of fused-ring (bicyclic) bond motifs is 1.